The van der Waals surface area contributed by atoms with Crippen molar-refractivity contribution in [1.29, 1.82) is 0 Å². The van der Waals surface area contributed by atoms with Gasteiger partial charge in [-0.2, -0.15) is 4.98 Å². The number of carbonyl (C=O) groups excluding carboxylic acids is 1. The van der Waals surface area contributed by atoms with E-state index in [0.717, 1.165) is 29.7 Å². The van der Waals surface area contributed by atoms with Gasteiger partial charge in [-0.25, -0.2) is 4.98 Å². The highest BCUT2D eigenvalue weighted by Crippen LogP contribution is 2.18. The number of rotatable bonds is 7. The fourth-order valence-electron chi connectivity index (χ4n) is 3.62. The van der Waals surface area contributed by atoms with E-state index in [1.807, 2.05) is 42.7 Å². The molecule has 8 heteroatoms. The van der Waals surface area contributed by atoms with Crippen LogP contribution in [0.2, 0.25) is 0 Å². The van der Waals surface area contributed by atoms with Crippen molar-refractivity contribution in [1.82, 2.24) is 19.9 Å². The molecule has 31 heavy (non-hydrogen) atoms. The van der Waals surface area contributed by atoms with Gasteiger partial charge in [0.1, 0.15) is 5.82 Å². The molecule has 3 N–H and O–H groups in total. The summed E-state index contributed by atoms with van der Waals surface area (Å²) >= 11 is 0. The van der Waals surface area contributed by atoms with Gasteiger partial charge in [0.05, 0.1) is 30.9 Å². The third kappa shape index (κ3) is 4.92. The summed E-state index contributed by atoms with van der Waals surface area (Å²) in [5.74, 6) is 0.982. The van der Waals surface area contributed by atoms with E-state index < -0.39 is 6.04 Å². The maximum Gasteiger partial charge on any atom is 0.253 e. The average Bonchev–Trinajstić information content (AvgIpc) is 3.45. The molecule has 1 fully saturated rings. The van der Waals surface area contributed by atoms with E-state index in [1.54, 1.807) is 24.7 Å². The van der Waals surface area contributed by atoms with Crippen LogP contribution in [0.4, 0.5) is 5.95 Å². The standard InChI is InChI=1S/C23H27N5O3/c1-15-4-3-5-17(10-15)20(13-29)26-22(30)18-6-8-28(12-18)21-16(2)11-24-23(27-21)25-19-7-9-31-14-19/h3-6,8,10-12,19-20,29H,7,9,13-14H2,1-2H3,(H,26,30)(H,24,25,27). The molecule has 1 saturated heterocycles. The molecule has 8 nitrogen and oxygen atoms in total. The number of benzene rings is 1. The predicted octanol–water partition coefficient (Wildman–Crippen LogP) is 2.55. The second-order valence-corrected chi connectivity index (χ2v) is 7.84. The number of carbonyl (C=O) groups is 1. The van der Waals surface area contributed by atoms with Gasteiger partial charge < -0.3 is 25.0 Å². The van der Waals surface area contributed by atoms with Crippen molar-refractivity contribution in [2.75, 3.05) is 25.1 Å². The largest absolute Gasteiger partial charge is 0.394 e. The Labute approximate surface area is 181 Å². The lowest BCUT2D eigenvalue weighted by atomic mass is 10.0. The third-order valence-corrected chi connectivity index (χ3v) is 5.34. The summed E-state index contributed by atoms with van der Waals surface area (Å²) in [6.07, 6.45) is 6.22. The number of ether oxygens (including phenoxy) is 1. The van der Waals surface area contributed by atoms with Gasteiger partial charge in [-0.05, 0) is 31.9 Å². The Bertz CT molecular complexity index is 1060. The van der Waals surface area contributed by atoms with Gasteiger partial charge in [-0.15, -0.1) is 0 Å². The van der Waals surface area contributed by atoms with E-state index in [4.69, 9.17) is 4.74 Å². The molecule has 1 amide bonds. The molecule has 0 bridgehead atoms. The fraction of sp³-hybridized carbons (Fsp3) is 0.348. The maximum atomic E-state index is 12.8. The Morgan fingerprint density at radius 1 is 1.35 bits per heavy atom. The van der Waals surface area contributed by atoms with E-state index in [9.17, 15) is 9.90 Å². The first-order chi connectivity index (χ1) is 15.0. The van der Waals surface area contributed by atoms with Gasteiger partial charge in [0.2, 0.25) is 5.95 Å². The normalized spacial score (nSPS) is 16.8. The van der Waals surface area contributed by atoms with Gasteiger partial charge in [-0.3, -0.25) is 4.79 Å². The SMILES string of the molecule is Cc1cccc(C(CO)NC(=O)c2ccn(-c3nc(NC4CCOC4)ncc3C)c2)c1. The Kier molecular flexibility index (Phi) is 6.29. The highest BCUT2D eigenvalue weighted by molar-refractivity contribution is 5.94. The zero-order chi connectivity index (χ0) is 21.8. The summed E-state index contributed by atoms with van der Waals surface area (Å²) in [6.45, 7) is 5.11. The van der Waals surface area contributed by atoms with Crippen molar-refractivity contribution in [3.05, 3.63) is 71.2 Å². The number of nitrogens with one attached hydrogen (secondary N) is 2. The lowest BCUT2D eigenvalue weighted by molar-refractivity contribution is 0.0916. The maximum absolute atomic E-state index is 12.8. The number of amides is 1. The number of aryl methyl sites for hydroxylation is 2. The van der Waals surface area contributed by atoms with E-state index in [1.165, 1.54) is 0 Å². The summed E-state index contributed by atoms with van der Waals surface area (Å²) in [7, 11) is 0. The molecule has 2 unspecified atom stereocenters. The summed E-state index contributed by atoms with van der Waals surface area (Å²) in [5.41, 5.74) is 3.32. The number of hydrogen-bond donors (Lipinski definition) is 3. The topological polar surface area (TPSA) is 101 Å². The average molecular weight is 422 g/mol. The molecule has 0 aliphatic carbocycles. The molecule has 0 spiro atoms. The van der Waals surface area contributed by atoms with E-state index in [2.05, 4.69) is 20.6 Å². The molecule has 162 valence electrons. The molecule has 1 aliphatic rings. The van der Waals surface area contributed by atoms with Crippen LogP contribution in [0.3, 0.4) is 0 Å². The minimum absolute atomic E-state index is 0.180. The second kappa shape index (κ2) is 9.28. The van der Waals surface area contributed by atoms with Gasteiger partial charge in [0.15, 0.2) is 0 Å². The number of anilines is 1. The van der Waals surface area contributed by atoms with Crippen molar-refractivity contribution < 1.29 is 14.6 Å². The minimum atomic E-state index is -0.471. The lowest BCUT2D eigenvalue weighted by Gasteiger charge is -2.17. The van der Waals surface area contributed by atoms with Crippen LogP contribution in [0.25, 0.3) is 5.82 Å². The van der Waals surface area contributed by atoms with E-state index >= 15 is 0 Å². The first-order valence-corrected chi connectivity index (χ1v) is 10.4. The summed E-state index contributed by atoms with van der Waals surface area (Å²) in [6, 6.07) is 9.22. The highest BCUT2D eigenvalue weighted by atomic mass is 16.5. The monoisotopic (exact) mass is 421 g/mol. The van der Waals surface area contributed by atoms with Crippen LogP contribution in [-0.4, -0.2) is 51.4 Å². The number of hydrogen-bond acceptors (Lipinski definition) is 6. The molecule has 3 heterocycles. The van der Waals surface area contributed by atoms with E-state index in [0.29, 0.717) is 23.9 Å². The minimum Gasteiger partial charge on any atom is -0.394 e. The molecule has 0 radical (unpaired) electrons. The van der Waals surface area contributed by atoms with Crippen molar-refractivity contribution >= 4 is 11.9 Å². The van der Waals surface area contributed by atoms with Crippen molar-refractivity contribution in [2.45, 2.75) is 32.4 Å². The number of nitrogens with zero attached hydrogens (tertiary/aromatic N) is 3. The molecule has 4 rings (SSSR count). The Morgan fingerprint density at radius 3 is 2.97 bits per heavy atom. The second-order valence-electron chi connectivity index (χ2n) is 7.84. The number of aliphatic hydroxyl groups is 1. The highest BCUT2D eigenvalue weighted by Gasteiger charge is 2.19. The molecule has 2 atom stereocenters. The summed E-state index contributed by atoms with van der Waals surface area (Å²) < 4.78 is 7.20. The smallest absolute Gasteiger partial charge is 0.253 e. The van der Waals surface area contributed by atoms with Crippen molar-refractivity contribution in [3.8, 4) is 5.82 Å². The molecule has 2 aromatic heterocycles. The molecular weight excluding hydrogens is 394 g/mol. The van der Waals surface area contributed by atoms with Gasteiger partial charge in [0, 0.05) is 30.8 Å². The predicted molar refractivity (Wildman–Crippen MR) is 117 cm³/mol. The van der Waals surface area contributed by atoms with Crippen LogP contribution in [-0.2, 0) is 4.74 Å². The Balaban J connectivity index is 1.50. The third-order valence-electron chi connectivity index (χ3n) is 5.34. The molecule has 3 aromatic rings. The van der Waals surface area contributed by atoms with Gasteiger partial charge in [-0.1, -0.05) is 29.8 Å². The summed E-state index contributed by atoms with van der Waals surface area (Å²) in [5, 5.41) is 16.0. The van der Waals surface area contributed by atoms with Crippen molar-refractivity contribution in [2.24, 2.45) is 0 Å². The van der Waals surface area contributed by atoms with Gasteiger partial charge in [0.25, 0.3) is 5.91 Å². The molecule has 1 aromatic carbocycles. The van der Waals surface area contributed by atoms with E-state index in [-0.39, 0.29) is 18.6 Å². The van der Waals surface area contributed by atoms with Crippen LogP contribution in [0.15, 0.2) is 48.9 Å². The summed E-state index contributed by atoms with van der Waals surface area (Å²) in [4.78, 5) is 21.8. The lowest BCUT2D eigenvalue weighted by Crippen LogP contribution is -2.30. The Morgan fingerprint density at radius 2 is 2.23 bits per heavy atom. The first kappa shape index (κ1) is 21.0. The zero-order valence-corrected chi connectivity index (χ0v) is 17.7. The van der Waals surface area contributed by atoms with Crippen LogP contribution < -0.4 is 10.6 Å². The Hall–Kier alpha value is -3.23. The molecular formula is C23H27N5O3. The van der Waals surface area contributed by atoms with Crippen LogP contribution in [0.1, 0.15) is 39.5 Å². The first-order valence-electron chi connectivity index (χ1n) is 10.4. The number of aliphatic hydroxyl groups excluding tert-OH is 1. The van der Waals surface area contributed by atoms with Crippen LogP contribution in [0.5, 0.6) is 0 Å². The van der Waals surface area contributed by atoms with Crippen LogP contribution in [0, 0.1) is 13.8 Å². The molecule has 0 saturated carbocycles. The fourth-order valence-corrected chi connectivity index (χ4v) is 3.62. The molecule has 1 aliphatic heterocycles. The van der Waals surface area contributed by atoms with Crippen LogP contribution >= 0.6 is 0 Å². The number of aromatic nitrogens is 3. The quantitative estimate of drug-likeness (QED) is 0.542. The van der Waals surface area contributed by atoms with Crippen molar-refractivity contribution in [3.63, 3.8) is 0 Å². The zero-order valence-electron chi connectivity index (χ0n) is 17.7. The van der Waals surface area contributed by atoms with Gasteiger partial charge >= 0.3 is 0 Å².